The van der Waals surface area contributed by atoms with Crippen LogP contribution in [0.15, 0.2) is 0 Å². The minimum absolute atomic E-state index is 0.111. The highest BCUT2D eigenvalue weighted by molar-refractivity contribution is 4.55. The Bertz CT molecular complexity index is 231. The van der Waals surface area contributed by atoms with E-state index in [1.807, 2.05) is 6.92 Å². The zero-order valence-electron chi connectivity index (χ0n) is 14.4. The van der Waals surface area contributed by atoms with E-state index < -0.39 is 0 Å². The third kappa shape index (κ3) is 14.1. The summed E-state index contributed by atoms with van der Waals surface area (Å²) in [5.41, 5.74) is 0. The topological polar surface area (TPSA) is 43.1 Å². The molecule has 0 saturated carbocycles. The predicted molar refractivity (Wildman–Crippen MR) is 91.4 cm³/mol. The monoisotopic (exact) mass is 299 g/mol. The lowest BCUT2D eigenvalue weighted by Crippen LogP contribution is -2.17. The molecule has 0 aromatic rings. The normalized spacial score (nSPS) is 12.5. The Morgan fingerprint density at radius 1 is 0.714 bits per heavy atom. The van der Waals surface area contributed by atoms with E-state index in [1.165, 1.54) is 77.0 Å². The van der Waals surface area contributed by atoms with Crippen LogP contribution in [0.1, 0.15) is 110 Å². The van der Waals surface area contributed by atoms with Gasteiger partial charge in [0.1, 0.15) is 0 Å². The number of hydrogen-bond acceptors (Lipinski definition) is 2. The van der Waals surface area contributed by atoms with Crippen molar-refractivity contribution in [3.63, 3.8) is 0 Å². The van der Waals surface area contributed by atoms with Gasteiger partial charge in [-0.05, 0) is 6.42 Å². The molecule has 0 aliphatic carbocycles. The molecule has 0 N–H and O–H groups in total. The second-order valence-corrected chi connectivity index (χ2v) is 6.38. The van der Waals surface area contributed by atoms with Crippen LogP contribution in [0.3, 0.4) is 0 Å². The van der Waals surface area contributed by atoms with E-state index in [4.69, 9.17) is 0 Å². The minimum atomic E-state index is -0.308. The summed E-state index contributed by atoms with van der Waals surface area (Å²) in [6.45, 7) is 4.18. The highest BCUT2D eigenvalue weighted by atomic mass is 16.6. The molecular formula is C18H37NO2. The quantitative estimate of drug-likeness (QED) is 0.185. The van der Waals surface area contributed by atoms with Crippen molar-refractivity contribution >= 4 is 0 Å². The van der Waals surface area contributed by atoms with Gasteiger partial charge in [0.05, 0.1) is 0 Å². The van der Waals surface area contributed by atoms with Crippen molar-refractivity contribution in [2.24, 2.45) is 0 Å². The van der Waals surface area contributed by atoms with Gasteiger partial charge < -0.3 is 0 Å². The summed E-state index contributed by atoms with van der Waals surface area (Å²) < 4.78 is 0. The lowest BCUT2D eigenvalue weighted by molar-refractivity contribution is -0.523. The maximum Gasteiger partial charge on any atom is 0.212 e. The standard InChI is InChI=1S/C18H37NO2/c1-3-5-6-7-8-9-10-11-12-13-14-15-16-17-18(4-2)19(20)21/h18H,3-17H2,1-2H3. The molecule has 1 atom stereocenters. The molecular weight excluding hydrogens is 262 g/mol. The number of unbranched alkanes of at least 4 members (excludes halogenated alkanes) is 12. The first kappa shape index (κ1) is 20.4. The summed E-state index contributed by atoms with van der Waals surface area (Å²) in [5.74, 6) is 0. The lowest BCUT2D eigenvalue weighted by atomic mass is 10.0. The van der Waals surface area contributed by atoms with Gasteiger partial charge in [0, 0.05) is 17.8 Å². The van der Waals surface area contributed by atoms with E-state index in [0.717, 1.165) is 12.8 Å². The maximum atomic E-state index is 10.7. The summed E-state index contributed by atoms with van der Waals surface area (Å²) >= 11 is 0. The molecule has 0 aromatic carbocycles. The highest BCUT2D eigenvalue weighted by Gasteiger charge is 2.15. The van der Waals surface area contributed by atoms with Crippen molar-refractivity contribution in [3.8, 4) is 0 Å². The smallest absolute Gasteiger partial charge is 0.212 e. The summed E-state index contributed by atoms with van der Waals surface area (Å²) in [6.07, 6.45) is 18.7. The maximum absolute atomic E-state index is 10.7. The summed E-state index contributed by atoms with van der Waals surface area (Å²) in [4.78, 5) is 10.6. The van der Waals surface area contributed by atoms with Gasteiger partial charge in [-0.3, -0.25) is 10.1 Å². The molecule has 0 bridgehead atoms. The van der Waals surface area contributed by atoms with Gasteiger partial charge in [-0.1, -0.05) is 90.9 Å². The summed E-state index contributed by atoms with van der Waals surface area (Å²) in [7, 11) is 0. The molecule has 0 aliphatic rings. The first-order valence-corrected chi connectivity index (χ1v) is 9.35. The van der Waals surface area contributed by atoms with Crippen LogP contribution in [0.25, 0.3) is 0 Å². The van der Waals surface area contributed by atoms with Crippen LogP contribution in [0.2, 0.25) is 0 Å². The fourth-order valence-electron chi connectivity index (χ4n) is 2.86. The van der Waals surface area contributed by atoms with Gasteiger partial charge in [-0.25, -0.2) is 0 Å². The zero-order valence-corrected chi connectivity index (χ0v) is 14.4. The van der Waals surface area contributed by atoms with Gasteiger partial charge in [-0.2, -0.15) is 0 Å². The van der Waals surface area contributed by atoms with Gasteiger partial charge in [0.15, 0.2) is 0 Å². The van der Waals surface area contributed by atoms with Crippen molar-refractivity contribution < 1.29 is 4.92 Å². The number of rotatable bonds is 16. The number of nitrogens with zero attached hydrogens (tertiary/aromatic N) is 1. The van der Waals surface area contributed by atoms with Gasteiger partial charge in [-0.15, -0.1) is 0 Å². The Kier molecular flexibility index (Phi) is 15.3. The van der Waals surface area contributed by atoms with Crippen LogP contribution >= 0.6 is 0 Å². The van der Waals surface area contributed by atoms with Crippen molar-refractivity contribution in [1.82, 2.24) is 0 Å². The first-order valence-electron chi connectivity index (χ1n) is 9.35. The SMILES string of the molecule is CCCCCCCCCCCCCCCC(CC)[N+](=O)[O-]. The second kappa shape index (κ2) is 15.8. The van der Waals surface area contributed by atoms with Gasteiger partial charge >= 0.3 is 0 Å². The Balaban J connectivity index is 3.14. The number of nitro groups is 1. The van der Waals surface area contributed by atoms with Crippen LogP contribution in [0.5, 0.6) is 0 Å². The first-order chi connectivity index (χ1) is 10.2. The Hall–Kier alpha value is -0.600. The molecule has 0 heterocycles. The van der Waals surface area contributed by atoms with E-state index in [2.05, 4.69) is 6.92 Å². The molecule has 0 aromatic heterocycles. The molecule has 0 spiro atoms. The highest BCUT2D eigenvalue weighted by Crippen LogP contribution is 2.14. The van der Waals surface area contributed by atoms with E-state index >= 15 is 0 Å². The van der Waals surface area contributed by atoms with E-state index in [9.17, 15) is 10.1 Å². The van der Waals surface area contributed by atoms with Gasteiger partial charge in [0.25, 0.3) is 0 Å². The van der Waals surface area contributed by atoms with Crippen molar-refractivity contribution in [3.05, 3.63) is 10.1 Å². The van der Waals surface area contributed by atoms with Gasteiger partial charge in [0.2, 0.25) is 6.04 Å². The molecule has 0 radical (unpaired) electrons. The van der Waals surface area contributed by atoms with Crippen LogP contribution in [0.4, 0.5) is 0 Å². The third-order valence-corrected chi connectivity index (χ3v) is 4.41. The van der Waals surface area contributed by atoms with Crippen LogP contribution in [-0.4, -0.2) is 11.0 Å². The third-order valence-electron chi connectivity index (χ3n) is 4.41. The molecule has 0 amide bonds. The molecule has 1 unspecified atom stereocenters. The fraction of sp³-hybridized carbons (Fsp3) is 1.00. The summed E-state index contributed by atoms with van der Waals surface area (Å²) in [6, 6.07) is -0.308. The van der Waals surface area contributed by atoms with Crippen LogP contribution in [0, 0.1) is 10.1 Å². The Labute approximate surface area is 132 Å². The Morgan fingerprint density at radius 3 is 1.43 bits per heavy atom. The van der Waals surface area contributed by atoms with Crippen molar-refractivity contribution in [2.75, 3.05) is 0 Å². The average molecular weight is 299 g/mol. The predicted octanol–water partition coefficient (Wildman–Crippen LogP) is 6.52. The van der Waals surface area contributed by atoms with E-state index in [-0.39, 0.29) is 11.0 Å². The van der Waals surface area contributed by atoms with Crippen LogP contribution in [-0.2, 0) is 0 Å². The van der Waals surface area contributed by atoms with Crippen LogP contribution < -0.4 is 0 Å². The zero-order chi connectivity index (χ0) is 15.8. The Morgan fingerprint density at radius 2 is 1.10 bits per heavy atom. The minimum Gasteiger partial charge on any atom is -0.264 e. The molecule has 0 fully saturated rings. The molecule has 21 heavy (non-hydrogen) atoms. The van der Waals surface area contributed by atoms with Crippen molar-refractivity contribution in [1.29, 1.82) is 0 Å². The number of hydrogen-bond donors (Lipinski definition) is 0. The van der Waals surface area contributed by atoms with E-state index in [0.29, 0.717) is 6.42 Å². The molecule has 0 rings (SSSR count). The lowest BCUT2D eigenvalue weighted by Gasteiger charge is -2.06. The average Bonchev–Trinajstić information content (AvgIpc) is 2.47. The summed E-state index contributed by atoms with van der Waals surface area (Å²) in [5, 5.41) is 10.7. The molecule has 0 saturated heterocycles. The van der Waals surface area contributed by atoms with E-state index in [1.54, 1.807) is 0 Å². The largest absolute Gasteiger partial charge is 0.264 e. The molecule has 0 aliphatic heterocycles. The molecule has 3 heteroatoms. The molecule has 3 nitrogen and oxygen atoms in total. The fourth-order valence-corrected chi connectivity index (χ4v) is 2.86. The van der Waals surface area contributed by atoms with Crippen molar-refractivity contribution in [2.45, 2.75) is 116 Å². The molecule has 126 valence electrons. The second-order valence-electron chi connectivity index (χ2n) is 6.38.